The molecule has 1 aliphatic carbocycles. The standard InChI is InChI=1S/C60H51N3/c1-7-19-52(20-8-1)61(53-21-9-2-10-22-53)58-40-46-31-33-48-38-50(44-59(42-48)62(54-23-11-3-12-24-54)55-25-13-4-14-26-55)35-36-51-39-49(34-32-47(37-46)41-58)43-60(45-51)63(56-27-15-5-16-28-56)57-29-17-6-18-30-57/h1-30,37-45H,31-36H2. The molecule has 3 heteroatoms. The van der Waals surface area contributed by atoms with E-state index in [1.807, 2.05) is 0 Å². The summed E-state index contributed by atoms with van der Waals surface area (Å²) in [5, 5.41) is 0. The highest BCUT2D eigenvalue weighted by atomic mass is 15.2. The number of hydrogen-bond acceptors (Lipinski definition) is 3. The van der Waals surface area contributed by atoms with E-state index >= 15 is 0 Å². The number of hydrogen-bond donors (Lipinski definition) is 0. The molecule has 0 N–H and O–H groups in total. The lowest BCUT2D eigenvalue weighted by Gasteiger charge is -2.27. The van der Waals surface area contributed by atoms with Crippen LogP contribution in [-0.4, -0.2) is 0 Å². The molecule has 0 fully saturated rings. The molecule has 306 valence electrons. The molecular formula is C60H51N3. The van der Waals surface area contributed by atoms with E-state index in [4.69, 9.17) is 0 Å². The Kier molecular flexibility index (Phi) is 11.6. The van der Waals surface area contributed by atoms with Crippen molar-refractivity contribution in [2.45, 2.75) is 38.5 Å². The largest absolute Gasteiger partial charge is 0.310 e. The summed E-state index contributed by atoms with van der Waals surface area (Å²) in [5.41, 5.74) is 18.5. The van der Waals surface area contributed by atoms with Crippen molar-refractivity contribution in [3.8, 4) is 0 Å². The topological polar surface area (TPSA) is 9.72 Å². The van der Waals surface area contributed by atoms with Crippen LogP contribution < -0.4 is 14.7 Å². The van der Waals surface area contributed by atoms with Gasteiger partial charge in [0.15, 0.2) is 0 Å². The number of benzene rings is 9. The highest BCUT2D eigenvalue weighted by molar-refractivity contribution is 5.80. The van der Waals surface area contributed by atoms with Crippen LogP contribution in [0.4, 0.5) is 51.2 Å². The summed E-state index contributed by atoms with van der Waals surface area (Å²) in [5.74, 6) is 0. The summed E-state index contributed by atoms with van der Waals surface area (Å²) in [6, 6.07) is 86.7. The fraction of sp³-hybridized carbons (Fsp3) is 0.100. The Labute approximate surface area is 372 Å². The summed E-state index contributed by atoms with van der Waals surface area (Å²) < 4.78 is 0. The van der Waals surface area contributed by atoms with Crippen molar-refractivity contribution in [2.24, 2.45) is 0 Å². The van der Waals surface area contributed by atoms with Gasteiger partial charge in [-0.3, -0.25) is 0 Å². The number of rotatable bonds is 9. The molecule has 9 aromatic carbocycles. The molecule has 6 bridgehead atoms. The molecule has 63 heavy (non-hydrogen) atoms. The lowest BCUT2D eigenvalue weighted by molar-refractivity contribution is 0.928. The van der Waals surface area contributed by atoms with Gasteiger partial charge in [-0.1, -0.05) is 127 Å². The van der Waals surface area contributed by atoms with E-state index in [-0.39, 0.29) is 0 Å². The second-order valence-corrected chi connectivity index (χ2v) is 16.5. The second kappa shape index (κ2) is 18.6. The minimum atomic E-state index is 0.929. The number of anilines is 9. The van der Waals surface area contributed by atoms with E-state index in [0.29, 0.717) is 0 Å². The molecule has 0 aliphatic heterocycles. The van der Waals surface area contributed by atoms with Gasteiger partial charge in [-0.2, -0.15) is 0 Å². The van der Waals surface area contributed by atoms with E-state index in [2.05, 4.69) is 251 Å². The molecule has 0 saturated carbocycles. The summed E-state index contributed by atoms with van der Waals surface area (Å²) >= 11 is 0. The predicted molar refractivity (Wildman–Crippen MR) is 266 cm³/mol. The quantitative estimate of drug-likeness (QED) is 0.144. The third kappa shape index (κ3) is 9.20. The number of para-hydroxylation sites is 6. The number of aryl methyl sites for hydroxylation is 6. The number of nitrogens with zero attached hydrogens (tertiary/aromatic N) is 3. The van der Waals surface area contributed by atoms with Gasteiger partial charge >= 0.3 is 0 Å². The van der Waals surface area contributed by atoms with Crippen molar-refractivity contribution >= 4 is 51.2 Å². The Morgan fingerprint density at radius 2 is 0.333 bits per heavy atom. The van der Waals surface area contributed by atoms with Gasteiger partial charge in [-0.15, -0.1) is 0 Å². The van der Waals surface area contributed by atoms with Crippen LogP contribution in [0.5, 0.6) is 0 Å². The van der Waals surface area contributed by atoms with Crippen LogP contribution in [0.3, 0.4) is 0 Å². The zero-order valence-electron chi connectivity index (χ0n) is 35.6. The normalized spacial score (nSPS) is 12.4. The molecule has 0 aromatic heterocycles. The van der Waals surface area contributed by atoms with Crippen molar-refractivity contribution < 1.29 is 0 Å². The number of fused-ring (bicyclic) bond motifs is 6. The maximum atomic E-state index is 2.47. The van der Waals surface area contributed by atoms with Crippen molar-refractivity contribution in [1.82, 2.24) is 0 Å². The van der Waals surface area contributed by atoms with Gasteiger partial charge in [0.2, 0.25) is 0 Å². The summed E-state index contributed by atoms with van der Waals surface area (Å²) in [4.78, 5) is 7.23. The van der Waals surface area contributed by atoms with Gasteiger partial charge in [-0.05, 0) is 181 Å². The first-order valence-electron chi connectivity index (χ1n) is 22.3. The van der Waals surface area contributed by atoms with Crippen molar-refractivity contribution in [3.05, 3.63) is 270 Å². The monoisotopic (exact) mass is 813 g/mol. The van der Waals surface area contributed by atoms with E-state index in [9.17, 15) is 0 Å². The smallest absolute Gasteiger partial charge is 0.0467 e. The first-order chi connectivity index (χ1) is 31.2. The van der Waals surface area contributed by atoms with E-state index in [1.54, 1.807) is 0 Å². The second-order valence-electron chi connectivity index (χ2n) is 16.5. The third-order valence-electron chi connectivity index (χ3n) is 12.1. The zero-order chi connectivity index (χ0) is 42.2. The summed E-state index contributed by atoms with van der Waals surface area (Å²) in [6.45, 7) is 0. The molecule has 0 spiro atoms. The average molecular weight is 814 g/mol. The third-order valence-corrected chi connectivity index (χ3v) is 12.1. The fourth-order valence-corrected chi connectivity index (χ4v) is 9.15. The maximum absolute atomic E-state index is 2.47. The van der Waals surface area contributed by atoms with Gasteiger partial charge in [0.05, 0.1) is 0 Å². The minimum Gasteiger partial charge on any atom is -0.310 e. The lowest BCUT2D eigenvalue weighted by atomic mass is 9.96. The Hall–Kier alpha value is -7.62. The van der Waals surface area contributed by atoms with Gasteiger partial charge in [-0.25, -0.2) is 0 Å². The lowest BCUT2D eigenvalue weighted by Crippen LogP contribution is -2.11. The SMILES string of the molecule is c1ccc(N(c2ccccc2)c2cc3cc(c2)CCc2cc(cc(N(c4ccccc4)c4ccccc4)c2)CCc2cc(cc(N(c4ccccc4)c4ccccc4)c2)CC3)cc1. The Morgan fingerprint density at radius 1 is 0.175 bits per heavy atom. The highest BCUT2D eigenvalue weighted by Crippen LogP contribution is 2.40. The molecule has 0 heterocycles. The molecule has 0 unspecified atom stereocenters. The Balaban J connectivity index is 1.13. The molecule has 3 nitrogen and oxygen atoms in total. The predicted octanol–water partition coefficient (Wildman–Crippen LogP) is 15.8. The molecule has 10 rings (SSSR count). The van der Waals surface area contributed by atoms with Gasteiger partial charge < -0.3 is 14.7 Å². The zero-order valence-corrected chi connectivity index (χ0v) is 35.6. The molecule has 0 atom stereocenters. The first kappa shape index (κ1) is 39.5. The van der Waals surface area contributed by atoms with Crippen LogP contribution in [-0.2, 0) is 38.5 Å². The summed E-state index contributed by atoms with van der Waals surface area (Å²) in [7, 11) is 0. The van der Waals surface area contributed by atoms with Crippen LogP contribution in [0.1, 0.15) is 33.4 Å². The van der Waals surface area contributed by atoms with Crippen molar-refractivity contribution in [1.29, 1.82) is 0 Å². The molecule has 0 radical (unpaired) electrons. The van der Waals surface area contributed by atoms with Crippen LogP contribution >= 0.6 is 0 Å². The van der Waals surface area contributed by atoms with Crippen LogP contribution in [0.15, 0.2) is 237 Å². The first-order valence-corrected chi connectivity index (χ1v) is 22.3. The van der Waals surface area contributed by atoms with Gasteiger partial charge in [0, 0.05) is 51.2 Å². The van der Waals surface area contributed by atoms with E-state index in [1.165, 1.54) is 50.4 Å². The van der Waals surface area contributed by atoms with Crippen LogP contribution in [0, 0.1) is 0 Å². The van der Waals surface area contributed by atoms with Gasteiger partial charge in [0.25, 0.3) is 0 Å². The minimum absolute atomic E-state index is 0.929. The van der Waals surface area contributed by atoms with Crippen LogP contribution in [0.25, 0.3) is 0 Å². The van der Waals surface area contributed by atoms with E-state index < -0.39 is 0 Å². The highest BCUT2D eigenvalue weighted by Gasteiger charge is 2.19. The van der Waals surface area contributed by atoms with Crippen LogP contribution in [0.2, 0.25) is 0 Å². The molecule has 0 amide bonds. The maximum Gasteiger partial charge on any atom is 0.0467 e. The molecule has 9 aromatic rings. The Bertz CT molecular complexity index is 2380. The Morgan fingerprint density at radius 3 is 0.492 bits per heavy atom. The average Bonchev–Trinajstić information content (AvgIpc) is 3.34. The summed E-state index contributed by atoms with van der Waals surface area (Å²) in [6.07, 6.45) is 5.58. The molecular weight excluding hydrogens is 763 g/mol. The van der Waals surface area contributed by atoms with Gasteiger partial charge in [0.1, 0.15) is 0 Å². The molecule has 1 aliphatic rings. The molecule has 0 saturated heterocycles. The fourth-order valence-electron chi connectivity index (χ4n) is 9.15. The van der Waals surface area contributed by atoms with Crippen molar-refractivity contribution in [2.75, 3.05) is 14.7 Å². The van der Waals surface area contributed by atoms with Crippen molar-refractivity contribution in [3.63, 3.8) is 0 Å². The van der Waals surface area contributed by atoms with E-state index in [0.717, 1.165) is 72.6 Å².